The molecule has 10 heavy (non-hydrogen) atoms. The SMILES string of the molecule is C=C[C@H](C)[C@H](C)C(=S)[Se]C. The molecule has 0 saturated heterocycles. The topological polar surface area (TPSA) is 0 Å². The Bertz CT molecular complexity index is 131. The van der Waals surface area contributed by atoms with Crippen molar-refractivity contribution in [3.05, 3.63) is 12.7 Å². The third-order valence-electron chi connectivity index (χ3n) is 1.73. The molecule has 0 aliphatic heterocycles. The molecule has 0 aliphatic carbocycles. The van der Waals surface area contributed by atoms with Crippen LogP contribution in [0.15, 0.2) is 12.7 Å². The molecule has 2 heteroatoms. The van der Waals surface area contributed by atoms with Gasteiger partial charge in [-0.1, -0.05) is 0 Å². The minimum atomic E-state index is 0.520. The van der Waals surface area contributed by atoms with Crippen LogP contribution < -0.4 is 0 Å². The first-order valence-electron chi connectivity index (χ1n) is 3.33. The van der Waals surface area contributed by atoms with E-state index < -0.39 is 0 Å². The van der Waals surface area contributed by atoms with Crippen molar-refractivity contribution >= 4 is 30.9 Å². The van der Waals surface area contributed by atoms with Crippen LogP contribution in [-0.4, -0.2) is 18.7 Å². The Labute approximate surface area is 75.2 Å². The molecule has 0 rings (SSSR count). The summed E-state index contributed by atoms with van der Waals surface area (Å²) >= 11 is 5.72. The molecular weight excluding hydrogens is 207 g/mol. The Morgan fingerprint density at radius 1 is 1.60 bits per heavy atom. The molecule has 0 fully saturated rings. The molecule has 58 valence electrons. The summed E-state index contributed by atoms with van der Waals surface area (Å²) in [5.74, 6) is 3.24. The van der Waals surface area contributed by atoms with Gasteiger partial charge in [-0.05, 0) is 0 Å². The average Bonchev–Trinajstić information content (AvgIpc) is 2.00. The van der Waals surface area contributed by atoms with Gasteiger partial charge in [-0.25, -0.2) is 0 Å². The zero-order valence-corrected chi connectivity index (χ0v) is 9.29. The van der Waals surface area contributed by atoms with Gasteiger partial charge in [0.05, 0.1) is 0 Å². The molecule has 0 N–H and O–H groups in total. The number of rotatable bonds is 4. The predicted octanol–water partition coefficient (Wildman–Crippen LogP) is 2.52. The van der Waals surface area contributed by atoms with E-state index in [9.17, 15) is 0 Å². The van der Waals surface area contributed by atoms with Crippen molar-refractivity contribution in [3.8, 4) is 0 Å². The molecule has 0 aromatic heterocycles. The minimum absolute atomic E-state index is 0.520. The Kier molecular flexibility index (Phi) is 5.24. The van der Waals surface area contributed by atoms with E-state index in [0.717, 1.165) is 0 Å². The first kappa shape index (κ1) is 10.3. The van der Waals surface area contributed by atoms with Gasteiger partial charge in [0.15, 0.2) is 0 Å². The summed E-state index contributed by atoms with van der Waals surface area (Å²) in [6.07, 6.45) is 1.97. The molecule has 0 heterocycles. The van der Waals surface area contributed by atoms with Gasteiger partial charge in [0.1, 0.15) is 0 Å². The summed E-state index contributed by atoms with van der Waals surface area (Å²) in [5, 5.41) is 0. The molecule has 0 unspecified atom stereocenters. The number of allylic oxidation sites excluding steroid dienone is 1. The van der Waals surface area contributed by atoms with Crippen LogP contribution in [-0.2, 0) is 0 Å². The molecule has 0 aromatic rings. The van der Waals surface area contributed by atoms with E-state index >= 15 is 0 Å². The molecule has 0 aromatic carbocycles. The van der Waals surface area contributed by atoms with E-state index in [0.29, 0.717) is 26.8 Å². The zero-order chi connectivity index (χ0) is 8.15. The summed E-state index contributed by atoms with van der Waals surface area (Å²) in [4.78, 5) is 0. The van der Waals surface area contributed by atoms with Crippen LogP contribution in [0.5, 0.6) is 0 Å². The van der Waals surface area contributed by atoms with Crippen LogP contribution in [0.2, 0.25) is 5.82 Å². The molecular formula is C8H14SSe. The normalized spacial score (nSPS) is 15.9. The van der Waals surface area contributed by atoms with Crippen LogP contribution in [0.4, 0.5) is 0 Å². The van der Waals surface area contributed by atoms with Crippen LogP contribution in [0, 0.1) is 11.8 Å². The number of hydrogen-bond donors (Lipinski definition) is 0. The van der Waals surface area contributed by atoms with Crippen molar-refractivity contribution in [2.45, 2.75) is 19.7 Å². The fraction of sp³-hybridized carbons (Fsp3) is 0.625. The fourth-order valence-corrected chi connectivity index (χ4v) is 2.05. The predicted molar refractivity (Wildman–Crippen MR) is 52.7 cm³/mol. The number of hydrogen-bond acceptors (Lipinski definition) is 1. The van der Waals surface area contributed by atoms with Gasteiger partial charge in [-0.2, -0.15) is 0 Å². The van der Waals surface area contributed by atoms with E-state index in [1.807, 2.05) is 6.08 Å². The van der Waals surface area contributed by atoms with Crippen LogP contribution in [0.1, 0.15) is 13.8 Å². The van der Waals surface area contributed by atoms with E-state index in [4.69, 9.17) is 12.2 Å². The van der Waals surface area contributed by atoms with Gasteiger partial charge in [0, 0.05) is 0 Å². The van der Waals surface area contributed by atoms with Gasteiger partial charge >= 0.3 is 75.1 Å². The van der Waals surface area contributed by atoms with Crippen LogP contribution >= 0.6 is 12.2 Å². The molecule has 0 nitrogen and oxygen atoms in total. The Balaban J connectivity index is 3.93. The Morgan fingerprint density at radius 2 is 2.10 bits per heavy atom. The fourth-order valence-electron chi connectivity index (χ4n) is 0.605. The van der Waals surface area contributed by atoms with E-state index in [2.05, 4.69) is 26.2 Å². The number of thiocarbonyl (C=S) groups is 1. The third-order valence-corrected chi connectivity index (χ3v) is 4.60. The average molecular weight is 221 g/mol. The van der Waals surface area contributed by atoms with Gasteiger partial charge in [-0.15, -0.1) is 0 Å². The second kappa shape index (κ2) is 5.06. The molecule has 0 saturated carbocycles. The molecule has 0 radical (unpaired) electrons. The Hall–Kier alpha value is 0.349. The molecule has 0 amide bonds. The summed E-state index contributed by atoms with van der Waals surface area (Å²) in [5.41, 5.74) is 0. The van der Waals surface area contributed by atoms with Gasteiger partial charge in [0.2, 0.25) is 0 Å². The van der Waals surface area contributed by atoms with Gasteiger partial charge in [-0.3, -0.25) is 0 Å². The summed E-state index contributed by atoms with van der Waals surface area (Å²) < 4.78 is 1.22. The molecule has 2 atom stereocenters. The summed E-state index contributed by atoms with van der Waals surface area (Å²) in [7, 11) is 0. The first-order chi connectivity index (χ1) is 4.63. The van der Waals surface area contributed by atoms with Crippen molar-refractivity contribution in [1.29, 1.82) is 0 Å². The first-order valence-corrected chi connectivity index (χ1v) is 6.31. The monoisotopic (exact) mass is 222 g/mol. The van der Waals surface area contributed by atoms with Gasteiger partial charge < -0.3 is 0 Å². The zero-order valence-electron chi connectivity index (χ0n) is 6.76. The maximum absolute atomic E-state index is 5.20. The van der Waals surface area contributed by atoms with Crippen molar-refractivity contribution in [3.63, 3.8) is 0 Å². The van der Waals surface area contributed by atoms with Crippen LogP contribution in [0.25, 0.3) is 0 Å². The van der Waals surface area contributed by atoms with Crippen molar-refractivity contribution in [1.82, 2.24) is 0 Å². The summed E-state index contributed by atoms with van der Waals surface area (Å²) in [6.45, 7) is 8.09. The second-order valence-electron chi connectivity index (χ2n) is 2.41. The van der Waals surface area contributed by atoms with Crippen LogP contribution in [0.3, 0.4) is 0 Å². The third kappa shape index (κ3) is 2.96. The standard InChI is InChI=1S/C8H14SSe/c1-5-6(2)7(3)8(9)10-4/h5-7H,1H2,2-4H3/t6-,7-/m0/s1. The second-order valence-corrected chi connectivity index (χ2v) is 5.21. The molecule has 0 aliphatic rings. The quantitative estimate of drug-likeness (QED) is 0.399. The van der Waals surface area contributed by atoms with E-state index in [-0.39, 0.29) is 0 Å². The van der Waals surface area contributed by atoms with Gasteiger partial charge in [0.25, 0.3) is 0 Å². The molecule has 0 spiro atoms. The van der Waals surface area contributed by atoms with E-state index in [1.165, 1.54) is 3.76 Å². The summed E-state index contributed by atoms with van der Waals surface area (Å²) in [6, 6.07) is 0. The van der Waals surface area contributed by atoms with Crippen molar-refractivity contribution in [2.75, 3.05) is 0 Å². The Morgan fingerprint density at radius 3 is 2.40 bits per heavy atom. The van der Waals surface area contributed by atoms with Crippen molar-refractivity contribution < 1.29 is 0 Å². The maximum atomic E-state index is 5.20. The van der Waals surface area contributed by atoms with Crippen molar-refractivity contribution in [2.24, 2.45) is 11.8 Å². The van der Waals surface area contributed by atoms with E-state index in [1.54, 1.807) is 0 Å². The molecule has 0 bridgehead atoms.